The maximum absolute atomic E-state index is 12.6. The number of hydrogen-bond donors (Lipinski definition) is 1. The molecule has 1 rings (SSSR count). The molecule has 0 saturated heterocycles. The van der Waals surface area contributed by atoms with E-state index in [1.807, 2.05) is 71.9 Å². The van der Waals surface area contributed by atoms with Gasteiger partial charge in [-0.1, -0.05) is 36.8 Å². The Morgan fingerprint density at radius 1 is 0.968 bits per heavy atom. The lowest BCUT2D eigenvalue weighted by molar-refractivity contribution is -0.153. The molecule has 0 aromatic heterocycles. The van der Waals surface area contributed by atoms with Gasteiger partial charge in [0.15, 0.2) is 0 Å². The summed E-state index contributed by atoms with van der Waals surface area (Å²) in [5.41, 5.74) is -0.0236. The second kappa shape index (κ2) is 12.7. The number of carbonyl (C=O) groups is 2. The molecule has 0 aliphatic rings. The molecule has 1 aromatic carbocycles. The third-order valence-electron chi connectivity index (χ3n) is 4.63. The van der Waals surface area contributed by atoms with Crippen molar-refractivity contribution < 1.29 is 24.2 Å². The minimum atomic E-state index is -0.568. The van der Waals surface area contributed by atoms with Crippen LogP contribution in [0.1, 0.15) is 79.2 Å². The number of unbranched alkanes of at least 4 members (excludes halogenated alkanes) is 2. The predicted octanol–water partition coefficient (Wildman–Crippen LogP) is 5.32. The van der Waals surface area contributed by atoms with Crippen molar-refractivity contribution in [3.8, 4) is 0 Å². The van der Waals surface area contributed by atoms with Crippen LogP contribution < -0.4 is 0 Å². The minimum absolute atomic E-state index is 0.187. The van der Waals surface area contributed by atoms with Crippen LogP contribution >= 0.6 is 0 Å². The summed E-state index contributed by atoms with van der Waals surface area (Å²) >= 11 is 0. The van der Waals surface area contributed by atoms with Gasteiger partial charge in [-0.15, -0.1) is 0 Å². The van der Waals surface area contributed by atoms with E-state index < -0.39 is 17.1 Å². The first kappa shape index (κ1) is 27.0. The van der Waals surface area contributed by atoms with E-state index in [0.717, 1.165) is 24.8 Å². The van der Waals surface area contributed by atoms with Crippen LogP contribution in [0, 0.1) is 5.41 Å². The largest absolute Gasteiger partial charge is 0.465 e. The molecule has 0 aliphatic carbocycles. The van der Waals surface area contributed by atoms with Crippen molar-refractivity contribution in [2.75, 3.05) is 13.2 Å². The summed E-state index contributed by atoms with van der Waals surface area (Å²) in [5.74, 6) is -0.187. The van der Waals surface area contributed by atoms with Crippen LogP contribution in [-0.4, -0.2) is 46.9 Å². The van der Waals surface area contributed by atoms with Crippen molar-refractivity contribution in [1.82, 2.24) is 4.90 Å². The van der Waals surface area contributed by atoms with Gasteiger partial charge in [0.1, 0.15) is 5.60 Å². The van der Waals surface area contributed by atoms with E-state index in [-0.39, 0.29) is 12.1 Å². The van der Waals surface area contributed by atoms with Crippen molar-refractivity contribution in [2.45, 2.75) is 91.9 Å². The SMILES string of the molecule is CC(C)(C)OC(=O)N(CC[C@@H](O)CCCCCOC(=O)C(C)(C)C)Cc1ccccc1. The molecule has 0 bridgehead atoms. The number of amides is 1. The van der Waals surface area contributed by atoms with Crippen LogP contribution in [0.5, 0.6) is 0 Å². The molecule has 0 radical (unpaired) electrons. The number of hydrogen-bond acceptors (Lipinski definition) is 5. The smallest absolute Gasteiger partial charge is 0.410 e. The molecule has 1 aromatic rings. The first-order valence-corrected chi connectivity index (χ1v) is 11.3. The van der Waals surface area contributed by atoms with E-state index in [1.54, 1.807) is 4.90 Å². The maximum atomic E-state index is 12.6. The summed E-state index contributed by atoms with van der Waals surface area (Å²) in [6.45, 7) is 12.3. The van der Waals surface area contributed by atoms with Gasteiger partial charge < -0.3 is 19.5 Å². The summed E-state index contributed by atoms with van der Waals surface area (Å²) in [6, 6.07) is 9.77. The second-order valence-corrected chi connectivity index (χ2v) is 10.1. The third kappa shape index (κ3) is 12.4. The summed E-state index contributed by atoms with van der Waals surface area (Å²) in [4.78, 5) is 26.0. The van der Waals surface area contributed by atoms with Crippen LogP contribution in [0.25, 0.3) is 0 Å². The number of rotatable bonds is 11. The number of aliphatic hydroxyl groups is 1. The van der Waals surface area contributed by atoms with E-state index in [2.05, 4.69) is 0 Å². The van der Waals surface area contributed by atoms with Crippen molar-refractivity contribution in [3.63, 3.8) is 0 Å². The van der Waals surface area contributed by atoms with Crippen LogP contribution in [0.4, 0.5) is 4.79 Å². The Morgan fingerprint density at radius 2 is 1.61 bits per heavy atom. The zero-order valence-electron chi connectivity index (χ0n) is 20.1. The van der Waals surface area contributed by atoms with E-state index in [9.17, 15) is 14.7 Å². The molecule has 176 valence electrons. The Kier molecular flexibility index (Phi) is 11.0. The number of esters is 1. The molecule has 1 amide bonds. The highest BCUT2D eigenvalue weighted by Crippen LogP contribution is 2.17. The number of benzene rings is 1. The van der Waals surface area contributed by atoms with Crippen molar-refractivity contribution in [2.24, 2.45) is 5.41 Å². The number of carbonyl (C=O) groups excluding carboxylic acids is 2. The lowest BCUT2D eigenvalue weighted by atomic mass is 9.97. The highest BCUT2D eigenvalue weighted by atomic mass is 16.6. The Morgan fingerprint density at radius 3 is 2.19 bits per heavy atom. The lowest BCUT2D eigenvalue weighted by Crippen LogP contribution is -2.38. The molecule has 0 saturated carbocycles. The quantitative estimate of drug-likeness (QED) is 0.376. The molecule has 1 N–H and O–H groups in total. The maximum Gasteiger partial charge on any atom is 0.410 e. The van der Waals surface area contributed by atoms with Crippen LogP contribution in [-0.2, 0) is 20.8 Å². The Balaban J connectivity index is 2.40. The molecule has 1 atom stereocenters. The van der Waals surface area contributed by atoms with Crippen LogP contribution in [0.2, 0.25) is 0 Å². The normalized spacial score (nSPS) is 12.9. The molecule has 6 nitrogen and oxygen atoms in total. The van der Waals surface area contributed by atoms with Crippen molar-refractivity contribution >= 4 is 12.1 Å². The first-order valence-electron chi connectivity index (χ1n) is 11.3. The Hall–Kier alpha value is -2.08. The zero-order valence-corrected chi connectivity index (χ0v) is 20.1. The fourth-order valence-electron chi connectivity index (χ4n) is 2.85. The summed E-state index contributed by atoms with van der Waals surface area (Å²) in [5, 5.41) is 10.4. The molecule has 31 heavy (non-hydrogen) atoms. The molecule has 0 spiro atoms. The van der Waals surface area contributed by atoms with Gasteiger partial charge in [0.05, 0.1) is 18.1 Å². The second-order valence-electron chi connectivity index (χ2n) is 10.1. The average Bonchev–Trinajstić information content (AvgIpc) is 2.66. The molecular formula is C25H41NO5. The molecule has 0 unspecified atom stereocenters. The minimum Gasteiger partial charge on any atom is -0.465 e. The van der Waals surface area contributed by atoms with E-state index >= 15 is 0 Å². The standard InChI is InChI=1S/C25H41NO5/c1-24(2,3)22(28)30-18-12-8-11-15-21(27)16-17-26(23(29)31-25(4,5)6)19-20-13-9-7-10-14-20/h7,9-10,13-14,21,27H,8,11-12,15-19H2,1-6H3/t21-/m0/s1. The third-order valence-corrected chi connectivity index (χ3v) is 4.63. The number of aliphatic hydroxyl groups excluding tert-OH is 1. The number of nitrogens with zero attached hydrogens (tertiary/aromatic N) is 1. The van der Waals surface area contributed by atoms with Gasteiger partial charge in [-0.25, -0.2) is 4.79 Å². The summed E-state index contributed by atoms with van der Waals surface area (Å²) in [6.07, 6.45) is 2.80. The fraction of sp³-hybridized carbons (Fsp3) is 0.680. The van der Waals surface area contributed by atoms with E-state index in [1.165, 1.54) is 0 Å². The van der Waals surface area contributed by atoms with E-state index in [0.29, 0.717) is 32.5 Å². The average molecular weight is 436 g/mol. The summed E-state index contributed by atoms with van der Waals surface area (Å²) < 4.78 is 10.8. The molecule has 0 heterocycles. The van der Waals surface area contributed by atoms with Crippen LogP contribution in [0.15, 0.2) is 30.3 Å². The molecular weight excluding hydrogens is 394 g/mol. The molecule has 6 heteroatoms. The van der Waals surface area contributed by atoms with Gasteiger partial charge in [0, 0.05) is 13.1 Å². The van der Waals surface area contributed by atoms with Gasteiger partial charge in [0.25, 0.3) is 0 Å². The molecule has 0 fully saturated rings. The van der Waals surface area contributed by atoms with Gasteiger partial charge >= 0.3 is 12.1 Å². The Bertz CT molecular complexity index is 661. The van der Waals surface area contributed by atoms with Gasteiger partial charge in [-0.3, -0.25) is 4.79 Å². The molecule has 0 aliphatic heterocycles. The fourth-order valence-corrected chi connectivity index (χ4v) is 2.85. The zero-order chi connectivity index (χ0) is 23.5. The lowest BCUT2D eigenvalue weighted by Gasteiger charge is -2.28. The highest BCUT2D eigenvalue weighted by Gasteiger charge is 2.23. The van der Waals surface area contributed by atoms with Crippen LogP contribution in [0.3, 0.4) is 0 Å². The van der Waals surface area contributed by atoms with Gasteiger partial charge in [-0.05, 0) is 72.8 Å². The summed E-state index contributed by atoms with van der Waals surface area (Å²) in [7, 11) is 0. The number of ether oxygens (including phenoxy) is 2. The first-order chi connectivity index (χ1) is 14.4. The highest BCUT2D eigenvalue weighted by molar-refractivity contribution is 5.75. The van der Waals surface area contributed by atoms with Crippen molar-refractivity contribution in [1.29, 1.82) is 0 Å². The van der Waals surface area contributed by atoms with Gasteiger partial charge in [-0.2, -0.15) is 0 Å². The Labute approximate surface area is 187 Å². The van der Waals surface area contributed by atoms with Gasteiger partial charge in [0.2, 0.25) is 0 Å². The topological polar surface area (TPSA) is 76.1 Å². The van der Waals surface area contributed by atoms with Crippen molar-refractivity contribution in [3.05, 3.63) is 35.9 Å². The van der Waals surface area contributed by atoms with E-state index in [4.69, 9.17) is 9.47 Å². The predicted molar refractivity (Wildman–Crippen MR) is 123 cm³/mol. The monoisotopic (exact) mass is 435 g/mol.